The summed E-state index contributed by atoms with van der Waals surface area (Å²) in [6, 6.07) is 19.6. The molecule has 0 radical (unpaired) electrons. The second-order valence-corrected chi connectivity index (χ2v) is 5.99. The monoisotopic (exact) mass is 366 g/mol. The van der Waals surface area contributed by atoms with E-state index < -0.39 is 0 Å². The largest absolute Gasteiger partial charge is 0.496 e. The molecule has 26 heavy (non-hydrogen) atoms. The number of nitrogens with zero attached hydrogens (tertiary/aromatic N) is 4. The van der Waals surface area contributed by atoms with Crippen molar-refractivity contribution in [3.8, 4) is 23.3 Å². The van der Waals surface area contributed by atoms with Gasteiger partial charge >= 0.3 is 0 Å². The van der Waals surface area contributed by atoms with Crippen LogP contribution in [-0.4, -0.2) is 28.3 Å². The lowest BCUT2D eigenvalue weighted by Gasteiger charge is -2.18. The minimum Gasteiger partial charge on any atom is -0.496 e. The van der Waals surface area contributed by atoms with E-state index in [2.05, 4.69) is 11.2 Å². The predicted molar refractivity (Wildman–Crippen MR) is 99.8 cm³/mol. The van der Waals surface area contributed by atoms with E-state index in [0.717, 1.165) is 11.1 Å². The van der Waals surface area contributed by atoms with Gasteiger partial charge in [-0.05, 0) is 29.9 Å². The highest BCUT2D eigenvalue weighted by Crippen LogP contribution is 2.28. The molecule has 0 N–H and O–H groups in total. The Morgan fingerprint density at radius 2 is 1.92 bits per heavy atom. The zero-order valence-electron chi connectivity index (χ0n) is 14.3. The zero-order valence-corrected chi connectivity index (χ0v) is 15.1. The first-order chi connectivity index (χ1) is 12.7. The first-order valence-electron chi connectivity index (χ1n) is 8.06. The molecule has 0 aliphatic rings. The van der Waals surface area contributed by atoms with Gasteiger partial charge in [-0.25, -0.2) is 4.68 Å². The average Bonchev–Trinajstić information content (AvgIpc) is 3.03. The highest BCUT2D eigenvalue weighted by Gasteiger charge is 2.15. The van der Waals surface area contributed by atoms with Crippen LogP contribution in [0.1, 0.15) is 5.56 Å². The number of rotatable bonds is 7. The summed E-state index contributed by atoms with van der Waals surface area (Å²) in [5.74, 6) is 1.05. The number of hydrogen-bond acceptors (Lipinski definition) is 6. The summed E-state index contributed by atoms with van der Waals surface area (Å²) in [4.78, 5) is 2.20. The molecule has 1 aromatic heterocycles. The van der Waals surface area contributed by atoms with E-state index in [-0.39, 0.29) is 11.4 Å². The molecule has 3 aromatic rings. The van der Waals surface area contributed by atoms with Crippen molar-refractivity contribution in [2.24, 2.45) is 0 Å². The molecule has 0 saturated carbocycles. The minimum atomic E-state index is 0.252. The zero-order chi connectivity index (χ0) is 18.4. The van der Waals surface area contributed by atoms with Gasteiger partial charge in [-0.1, -0.05) is 42.5 Å². The highest BCUT2D eigenvalue weighted by atomic mass is 32.1. The van der Waals surface area contributed by atoms with Crippen LogP contribution in [0, 0.1) is 16.2 Å². The summed E-state index contributed by atoms with van der Waals surface area (Å²) in [6.45, 7) is 1.24. The van der Waals surface area contributed by atoms with E-state index in [1.165, 1.54) is 0 Å². The molecule has 0 aliphatic carbocycles. The SMILES string of the molecule is COc1ccccc1-c1nn(CN(CC#N)Cc2ccccc2)c(=S)o1. The summed E-state index contributed by atoms with van der Waals surface area (Å²) in [6.07, 6.45) is 0. The van der Waals surface area contributed by atoms with E-state index in [4.69, 9.17) is 26.6 Å². The van der Waals surface area contributed by atoms with E-state index in [9.17, 15) is 0 Å². The van der Waals surface area contributed by atoms with Crippen LogP contribution < -0.4 is 4.74 Å². The third kappa shape index (κ3) is 4.17. The second kappa shape index (κ2) is 8.43. The lowest BCUT2D eigenvalue weighted by Crippen LogP contribution is -2.27. The molecule has 132 valence electrons. The normalized spacial score (nSPS) is 10.7. The van der Waals surface area contributed by atoms with Crippen molar-refractivity contribution in [2.75, 3.05) is 13.7 Å². The molecular weight excluding hydrogens is 348 g/mol. The molecule has 3 rings (SSSR count). The maximum atomic E-state index is 9.13. The second-order valence-electron chi connectivity index (χ2n) is 5.65. The molecular formula is C19H18N4O2S. The van der Waals surface area contributed by atoms with Crippen LogP contribution >= 0.6 is 12.2 Å². The fourth-order valence-corrected chi connectivity index (χ4v) is 2.79. The van der Waals surface area contributed by atoms with Gasteiger partial charge in [0.25, 0.3) is 10.7 Å². The molecule has 6 nitrogen and oxygen atoms in total. The van der Waals surface area contributed by atoms with E-state index >= 15 is 0 Å². The molecule has 0 fully saturated rings. The van der Waals surface area contributed by atoms with Gasteiger partial charge in [0.15, 0.2) is 0 Å². The maximum absolute atomic E-state index is 9.13. The number of nitriles is 1. The van der Waals surface area contributed by atoms with Crippen molar-refractivity contribution in [2.45, 2.75) is 13.2 Å². The highest BCUT2D eigenvalue weighted by molar-refractivity contribution is 7.71. The Morgan fingerprint density at radius 3 is 2.65 bits per heavy atom. The molecule has 2 aromatic carbocycles. The molecule has 0 spiro atoms. The van der Waals surface area contributed by atoms with Gasteiger partial charge in [-0.3, -0.25) is 4.90 Å². The van der Waals surface area contributed by atoms with Crippen molar-refractivity contribution in [1.29, 1.82) is 5.26 Å². The third-order valence-electron chi connectivity index (χ3n) is 3.82. The van der Waals surface area contributed by atoms with Gasteiger partial charge < -0.3 is 9.15 Å². The molecule has 0 amide bonds. The van der Waals surface area contributed by atoms with Crippen LogP contribution in [0.2, 0.25) is 0 Å². The van der Waals surface area contributed by atoms with Crippen molar-refractivity contribution in [3.05, 3.63) is 65.0 Å². The van der Waals surface area contributed by atoms with Crippen molar-refractivity contribution < 1.29 is 9.15 Å². The molecule has 1 heterocycles. The molecule has 0 atom stereocenters. The molecule has 7 heteroatoms. The van der Waals surface area contributed by atoms with Crippen LogP contribution in [-0.2, 0) is 13.2 Å². The van der Waals surface area contributed by atoms with Gasteiger partial charge in [0, 0.05) is 6.54 Å². The first-order valence-corrected chi connectivity index (χ1v) is 8.46. The molecule has 0 unspecified atom stereocenters. The van der Waals surface area contributed by atoms with Gasteiger partial charge in [0.1, 0.15) is 5.75 Å². The minimum absolute atomic E-state index is 0.252. The standard InChI is InChI=1S/C19H18N4O2S/c1-24-17-10-6-5-9-16(17)18-21-23(19(26)25-18)14-22(12-11-20)13-15-7-3-2-4-8-15/h2-10H,12-14H2,1H3. The Labute approximate surface area is 156 Å². The van der Waals surface area contributed by atoms with Crippen LogP contribution in [0.25, 0.3) is 11.5 Å². The van der Waals surface area contributed by atoms with Crippen LogP contribution in [0.4, 0.5) is 0 Å². The Balaban J connectivity index is 1.83. The predicted octanol–water partition coefficient (Wildman–Crippen LogP) is 3.86. The number of para-hydroxylation sites is 1. The number of methoxy groups -OCH3 is 1. The van der Waals surface area contributed by atoms with Gasteiger partial charge in [-0.15, -0.1) is 5.10 Å². The number of benzene rings is 2. The summed E-state index contributed by atoms with van der Waals surface area (Å²) in [5.41, 5.74) is 1.84. The number of ether oxygens (including phenoxy) is 1. The van der Waals surface area contributed by atoms with E-state index in [1.54, 1.807) is 11.8 Å². The molecule has 0 saturated heterocycles. The average molecular weight is 366 g/mol. The summed E-state index contributed by atoms with van der Waals surface area (Å²) < 4.78 is 12.6. The topological polar surface area (TPSA) is 67.2 Å². The van der Waals surface area contributed by atoms with Crippen LogP contribution in [0.3, 0.4) is 0 Å². The lowest BCUT2D eigenvalue weighted by atomic mass is 10.2. The fraction of sp³-hybridized carbons (Fsp3) is 0.211. The first kappa shape index (κ1) is 17.9. The van der Waals surface area contributed by atoms with Crippen molar-refractivity contribution in [3.63, 3.8) is 0 Å². The number of aromatic nitrogens is 2. The summed E-state index contributed by atoms with van der Waals surface area (Å²) >= 11 is 5.30. The van der Waals surface area contributed by atoms with E-state index in [1.807, 2.05) is 59.5 Å². The van der Waals surface area contributed by atoms with Gasteiger partial charge in [-0.2, -0.15) is 5.26 Å². The Morgan fingerprint density at radius 1 is 1.19 bits per heavy atom. The Bertz CT molecular complexity index is 959. The molecule has 0 bridgehead atoms. The molecule has 0 aliphatic heterocycles. The van der Waals surface area contributed by atoms with Crippen LogP contribution in [0.5, 0.6) is 5.75 Å². The summed E-state index contributed by atoms with van der Waals surface area (Å²) in [5, 5.41) is 13.6. The van der Waals surface area contributed by atoms with Gasteiger partial charge in [0.2, 0.25) is 0 Å². The quantitative estimate of drug-likeness (QED) is 0.467. The summed E-state index contributed by atoms with van der Waals surface area (Å²) in [7, 11) is 1.60. The number of hydrogen-bond donors (Lipinski definition) is 0. The maximum Gasteiger partial charge on any atom is 0.288 e. The van der Waals surface area contributed by atoms with Crippen molar-refractivity contribution in [1.82, 2.24) is 14.7 Å². The lowest BCUT2D eigenvalue weighted by molar-refractivity contribution is 0.218. The smallest absolute Gasteiger partial charge is 0.288 e. The van der Waals surface area contributed by atoms with Crippen LogP contribution in [0.15, 0.2) is 59.0 Å². The Hall–Kier alpha value is -2.95. The van der Waals surface area contributed by atoms with Crippen molar-refractivity contribution >= 4 is 12.2 Å². The van der Waals surface area contributed by atoms with Gasteiger partial charge in [0.05, 0.1) is 32.0 Å². The fourth-order valence-electron chi connectivity index (χ4n) is 2.61. The van der Waals surface area contributed by atoms with E-state index in [0.29, 0.717) is 24.9 Å². The Kier molecular flexibility index (Phi) is 5.79. The third-order valence-corrected chi connectivity index (χ3v) is 4.12.